The van der Waals surface area contributed by atoms with E-state index >= 15 is 0 Å². The number of aromatic nitrogens is 3. The number of nitrogens with two attached hydrogens (primary N) is 1. The Morgan fingerprint density at radius 3 is 2.58 bits per heavy atom. The largest absolute Gasteiger partial charge is 0.383 e. The second-order valence-electron chi connectivity index (χ2n) is 4.50. The van der Waals surface area contributed by atoms with Crippen LogP contribution in [0.3, 0.4) is 0 Å². The number of pyridine rings is 1. The topological polar surface area (TPSA) is 56.7 Å². The van der Waals surface area contributed by atoms with Crippen LogP contribution < -0.4 is 5.73 Å². The molecule has 5 heteroatoms. The summed E-state index contributed by atoms with van der Waals surface area (Å²) in [5.74, 6) is 0.177. The number of halogens is 1. The first-order valence-electron chi connectivity index (χ1n) is 5.92. The maximum atomic E-state index is 12.9. The monoisotopic (exact) mass is 256 g/mol. The number of fused-ring (bicyclic) bond motifs is 1. The molecule has 0 aliphatic carbocycles. The third-order valence-electron chi connectivity index (χ3n) is 3.18. The van der Waals surface area contributed by atoms with Crippen molar-refractivity contribution in [3.05, 3.63) is 41.8 Å². The highest BCUT2D eigenvalue weighted by Gasteiger charge is 2.12. The lowest BCUT2D eigenvalue weighted by Gasteiger charge is -2.04. The molecule has 0 amide bonds. The van der Waals surface area contributed by atoms with Crippen molar-refractivity contribution >= 4 is 16.7 Å². The molecule has 0 radical (unpaired) electrons. The van der Waals surface area contributed by atoms with Gasteiger partial charge in [-0.15, -0.1) is 0 Å². The van der Waals surface area contributed by atoms with Crippen molar-refractivity contribution in [1.29, 1.82) is 0 Å². The molecule has 0 unspecified atom stereocenters. The zero-order valence-electron chi connectivity index (χ0n) is 10.7. The maximum Gasteiger partial charge on any atom is 0.135 e. The van der Waals surface area contributed by atoms with Gasteiger partial charge in [0.2, 0.25) is 0 Å². The quantitative estimate of drug-likeness (QED) is 0.728. The number of rotatable bonds is 1. The molecule has 2 N–H and O–H groups in total. The molecule has 4 nitrogen and oxygen atoms in total. The van der Waals surface area contributed by atoms with Crippen LogP contribution >= 0.6 is 0 Å². The van der Waals surface area contributed by atoms with E-state index in [1.54, 1.807) is 16.8 Å². The summed E-state index contributed by atoms with van der Waals surface area (Å²) in [7, 11) is 1.86. The van der Waals surface area contributed by atoms with E-state index in [9.17, 15) is 4.39 Å². The molecule has 2 aromatic heterocycles. The van der Waals surface area contributed by atoms with E-state index in [1.807, 2.05) is 20.0 Å². The first-order chi connectivity index (χ1) is 9.06. The highest BCUT2D eigenvalue weighted by atomic mass is 19.1. The Labute approximate surface area is 109 Å². The third-order valence-corrected chi connectivity index (χ3v) is 3.18. The fourth-order valence-electron chi connectivity index (χ4n) is 2.27. The van der Waals surface area contributed by atoms with Crippen LogP contribution in [0.2, 0.25) is 0 Å². The Hall–Kier alpha value is -2.43. The SMILES string of the molecule is Cc1nn(C)c2cc(-c3ccc(F)cc3)nc(N)c12. The standard InChI is InChI=1S/C14H13FN4/c1-8-13-12(19(2)18-8)7-11(17-14(13)16)9-3-5-10(15)6-4-9/h3-7H,1-2H3,(H2,16,17). The molecule has 19 heavy (non-hydrogen) atoms. The maximum absolute atomic E-state index is 12.9. The number of nitrogens with zero attached hydrogens (tertiary/aromatic N) is 3. The smallest absolute Gasteiger partial charge is 0.135 e. The van der Waals surface area contributed by atoms with Crippen LogP contribution in [0.15, 0.2) is 30.3 Å². The molecule has 3 rings (SSSR count). The van der Waals surface area contributed by atoms with Gasteiger partial charge < -0.3 is 5.73 Å². The highest BCUT2D eigenvalue weighted by molar-refractivity contribution is 5.93. The van der Waals surface area contributed by atoms with Crippen molar-refractivity contribution in [2.75, 3.05) is 5.73 Å². The summed E-state index contributed by atoms with van der Waals surface area (Å²) in [4.78, 5) is 4.38. The summed E-state index contributed by atoms with van der Waals surface area (Å²) >= 11 is 0. The predicted octanol–water partition coefficient (Wildman–Crippen LogP) is 2.67. The van der Waals surface area contributed by atoms with Gasteiger partial charge in [0, 0.05) is 12.6 Å². The van der Waals surface area contributed by atoms with Gasteiger partial charge in [0.1, 0.15) is 11.6 Å². The average Bonchev–Trinajstić information content (AvgIpc) is 2.66. The van der Waals surface area contributed by atoms with Gasteiger partial charge in [-0.05, 0) is 37.3 Å². The van der Waals surface area contributed by atoms with Crippen molar-refractivity contribution < 1.29 is 4.39 Å². The van der Waals surface area contributed by atoms with Gasteiger partial charge in [-0.25, -0.2) is 9.37 Å². The van der Waals surface area contributed by atoms with Crippen LogP contribution in [-0.4, -0.2) is 14.8 Å². The summed E-state index contributed by atoms with van der Waals surface area (Å²) in [5.41, 5.74) is 9.32. The molecule has 0 bridgehead atoms. The summed E-state index contributed by atoms with van der Waals surface area (Å²) in [6.07, 6.45) is 0. The van der Waals surface area contributed by atoms with Gasteiger partial charge in [0.25, 0.3) is 0 Å². The van der Waals surface area contributed by atoms with Crippen LogP contribution in [-0.2, 0) is 7.05 Å². The summed E-state index contributed by atoms with van der Waals surface area (Å²) in [6.45, 7) is 1.90. The Kier molecular flexibility index (Phi) is 2.48. The van der Waals surface area contributed by atoms with E-state index in [4.69, 9.17) is 5.73 Å². The lowest BCUT2D eigenvalue weighted by molar-refractivity contribution is 0.628. The number of aryl methyl sites for hydroxylation is 2. The molecule has 0 fully saturated rings. The molecule has 1 aromatic carbocycles. The number of nitrogen functional groups attached to an aromatic ring is 1. The van der Waals surface area contributed by atoms with Crippen molar-refractivity contribution in [1.82, 2.24) is 14.8 Å². The Morgan fingerprint density at radius 2 is 1.89 bits per heavy atom. The molecular formula is C14H13FN4. The van der Waals surface area contributed by atoms with E-state index in [2.05, 4.69) is 10.1 Å². The van der Waals surface area contributed by atoms with Crippen LogP contribution in [0.5, 0.6) is 0 Å². The number of benzene rings is 1. The first kappa shape index (κ1) is 11.6. The van der Waals surface area contributed by atoms with Crippen molar-refractivity contribution in [3.8, 4) is 11.3 Å². The lowest BCUT2D eigenvalue weighted by atomic mass is 10.1. The van der Waals surface area contributed by atoms with Crippen LogP contribution in [0.25, 0.3) is 22.2 Å². The summed E-state index contributed by atoms with van der Waals surface area (Å²) in [6, 6.07) is 8.11. The fourth-order valence-corrected chi connectivity index (χ4v) is 2.27. The van der Waals surface area contributed by atoms with E-state index < -0.39 is 0 Å². The zero-order chi connectivity index (χ0) is 13.6. The van der Waals surface area contributed by atoms with Gasteiger partial charge in [0.05, 0.1) is 22.3 Å². The molecule has 0 saturated heterocycles. The molecule has 3 aromatic rings. The first-order valence-corrected chi connectivity index (χ1v) is 5.92. The fraction of sp³-hybridized carbons (Fsp3) is 0.143. The van der Waals surface area contributed by atoms with Gasteiger partial charge in [-0.3, -0.25) is 4.68 Å². The molecule has 0 saturated carbocycles. The summed E-state index contributed by atoms with van der Waals surface area (Å²) < 4.78 is 14.7. The Morgan fingerprint density at radius 1 is 1.21 bits per heavy atom. The van der Waals surface area contributed by atoms with Crippen LogP contribution in [0.4, 0.5) is 10.2 Å². The minimum Gasteiger partial charge on any atom is -0.383 e. The number of anilines is 1. The third kappa shape index (κ3) is 1.83. The molecule has 0 aliphatic rings. The van der Waals surface area contributed by atoms with E-state index in [1.165, 1.54) is 12.1 Å². The Balaban J connectivity index is 2.26. The van der Waals surface area contributed by atoms with Crippen LogP contribution in [0, 0.1) is 12.7 Å². The van der Waals surface area contributed by atoms with Crippen LogP contribution in [0.1, 0.15) is 5.69 Å². The van der Waals surface area contributed by atoms with Crippen molar-refractivity contribution in [3.63, 3.8) is 0 Å². The van der Waals surface area contributed by atoms with Gasteiger partial charge >= 0.3 is 0 Å². The van der Waals surface area contributed by atoms with Gasteiger partial charge in [0.15, 0.2) is 0 Å². The molecule has 0 aliphatic heterocycles. The molecule has 0 spiro atoms. The number of hydrogen-bond acceptors (Lipinski definition) is 3. The second-order valence-corrected chi connectivity index (χ2v) is 4.50. The van der Waals surface area contributed by atoms with Crippen molar-refractivity contribution in [2.45, 2.75) is 6.92 Å². The van der Waals surface area contributed by atoms with E-state index in [0.717, 1.165) is 22.2 Å². The van der Waals surface area contributed by atoms with E-state index in [0.29, 0.717) is 11.5 Å². The zero-order valence-corrected chi connectivity index (χ0v) is 10.7. The summed E-state index contributed by atoms with van der Waals surface area (Å²) in [5, 5.41) is 5.21. The van der Waals surface area contributed by atoms with Crippen molar-refractivity contribution in [2.24, 2.45) is 7.05 Å². The molecule has 0 atom stereocenters. The second kappa shape index (κ2) is 4.05. The van der Waals surface area contributed by atoms with Gasteiger partial charge in [-0.2, -0.15) is 5.10 Å². The van der Waals surface area contributed by atoms with Gasteiger partial charge in [-0.1, -0.05) is 0 Å². The lowest BCUT2D eigenvalue weighted by Crippen LogP contribution is -1.96. The van der Waals surface area contributed by atoms with E-state index in [-0.39, 0.29) is 5.82 Å². The Bertz CT molecular complexity index is 759. The highest BCUT2D eigenvalue weighted by Crippen LogP contribution is 2.28. The molecule has 96 valence electrons. The minimum atomic E-state index is -0.269. The normalized spacial score (nSPS) is 11.1. The molecule has 2 heterocycles. The minimum absolute atomic E-state index is 0.269. The predicted molar refractivity (Wildman–Crippen MR) is 73.1 cm³/mol. The molecular weight excluding hydrogens is 243 g/mol. The number of hydrogen-bond donors (Lipinski definition) is 1. The average molecular weight is 256 g/mol.